The van der Waals surface area contributed by atoms with Crippen LogP contribution in [0.4, 0.5) is 26.5 Å². The Hall–Kier alpha value is -3.30. The minimum atomic E-state index is -0.595. The Balaban J connectivity index is 1.54. The van der Waals surface area contributed by atoms with Crippen LogP contribution in [-0.2, 0) is 0 Å². The van der Waals surface area contributed by atoms with E-state index in [2.05, 4.69) is 30.5 Å². The van der Waals surface area contributed by atoms with Crippen molar-refractivity contribution in [3.8, 4) is 5.88 Å². The monoisotopic (exact) mass is 401 g/mol. The molecule has 0 saturated carbocycles. The first kappa shape index (κ1) is 19.0. The molecule has 1 unspecified atom stereocenters. The zero-order valence-corrected chi connectivity index (χ0v) is 16.1. The molecule has 1 saturated heterocycles. The number of hydrogen-bond acceptors (Lipinski definition) is 7. The molecule has 2 aromatic heterocycles. The van der Waals surface area contributed by atoms with Gasteiger partial charge >= 0.3 is 0 Å². The molecular formula is C19H21F2N7O. The first-order valence-electron chi connectivity index (χ1n) is 9.39. The van der Waals surface area contributed by atoms with Gasteiger partial charge in [0.05, 0.1) is 12.1 Å². The van der Waals surface area contributed by atoms with Crippen molar-refractivity contribution in [2.45, 2.75) is 38.8 Å². The van der Waals surface area contributed by atoms with Crippen LogP contribution in [0.15, 0.2) is 30.6 Å². The molecule has 1 fully saturated rings. The highest BCUT2D eigenvalue weighted by Crippen LogP contribution is 2.36. The molecule has 0 aliphatic carbocycles. The molecule has 29 heavy (non-hydrogen) atoms. The fourth-order valence-corrected chi connectivity index (χ4v) is 3.38. The van der Waals surface area contributed by atoms with E-state index in [4.69, 9.17) is 4.74 Å². The van der Waals surface area contributed by atoms with Gasteiger partial charge in [-0.2, -0.15) is 10.1 Å². The lowest BCUT2D eigenvalue weighted by atomic mass is 10.0. The van der Waals surface area contributed by atoms with Crippen molar-refractivity contribution in [3.63, 3.8) is 0 Å². The van der Waals surface area contributed by atoms with Gasteiger partial charge in [0.15, 0.2) is 5.82 Å². The number of nitrogens with zero attached hydrogens (tertiary/aromatic N) is 5. The summed E-state index contributed by atoms with van der Waals surface area (Å²) >= 11 is 0. The minimum Gasteiger partial charge on any atom is -0.475 e. The van der Waals surface area contributed by atoms with Gasteiger partial charge in [-0.3, -0.25) is 0 Å². The van der Waals surface area contributed by atoms with E-state index < -0.39 is 11.6 Å². The summed E-state index contributed by atoms with van der Waals surface area (Å²) in [6.07, 6.45) is 2.99. The third-order valence-corrected chi connectivity index (χ3v) is 4.55. The summed E-state index contributed by atoms with van der Waals surface area (Å²) in [6.45, 7) is 4.50. The fraction of sp³-hybridized carbons (Fsp3) is 0.368. The molecule has 8 nitrogen and oxygen atoms in total. The number of H-pyrrole nitrogens is 1. The van der Waals surface area contributed by atoms with Gasteiger partial charge in [-0.1, -0.05) is 6.07 Å². The molecule has 2 N–H and O–H groups in total. The van der Waals surface area contributed by atoms with Gasteiger partial charge in [-0.15, -0.1) is 0 Å². The molecule has 1 atom stereocenters. The van der Waals surface area contributed by atoms with Crippen LogP contribution in [0.2, 0.25) is 0 Å². The van der Waals surface area contributed by atoms with Crippen molar-refractivity contribution in [2.75, 3.05) is 16.8 Å². The molecule has 0 bridgehead atoms. The van der Waals surface area contributed by atoms with Gasteiger partial charge in [0.25, 0.3) is 0 Å². The van der Waals surface area contributed by atoms with E-state index in [9.17, 15) is 8.78 Å². The Bertz CT molecular complexity index is 994. The van der Waals surface area contributed by atoms with Crippen molar-refractivity contribution in [1.29, 1.82) is 0 Å². The van der Waals surface area contributed by atoms with E-state index in [1.54, 1.807) is 6.07 Å². The van der Waals surface area contributed by atoms with Crippen molar-refractivity contribution in [2.24, 2.45) is 0 Å². The lowest BCUT2D eigenvalue weighted by Crippen LogP contribution is -2.25. The summed E-state index contributed by atoms with van der Waals surface area (Å²) in [5.41, 5.74) is 0.432. The first-order chi connectivity index (χ1) is 14.0. The molecule has 0 amide bonds. The van der Waals surface area contributed by atoms with E-state index in [0.717, 1.165) is 18.9 Å². The molecule has 0 spiro atoms. The van der Waals surface area contributed by atoms with E-state index in [-0.39, 0.29) is 12.1 Å². The standard InChI is InChI=1S/C19H21F2N7O/c1-11(2)29-17-9-16(26-27-17)24-18-22-10-23-19(25-18)28-7-3-4-15(28)13-6-5-12(20)8-14(13)21/h5-6,8-11,15H,3-4,7H2,1-2H3,(H2,22,23,24,25,26,27). The van der Waals surface area contributed by atoms with Gasteiger partial charge in [0.1, 0.15) is 18.0 Å². The topological polar surface area (TPSA) is 91.8 Å². The van der Waals surface area contributed by atoms with Crippen molar-refractivity contribution in [3.05, 3.63) is 47.8 Å². The molecule has 1 aliphatic heterocycles. The van der Waals surface area contributed by atoms with Crippen LogP contribution in [-0.4, -0.2) is 37.8 Å². The van der Waals surface area contributed by atoms with Crippen LogP contribution >= 0.6 is 0 Å². The molecule has 152 valence electrons. The van der Waals surface area contributed by atoms with Crippen molar-refractivity contribution in [1.82, 2.24) is 25.1 Å². The fourth-order valence-electron chi connectivity index (χ4n) is 3.38. The van der Waals surface area contributed by atoms with E-state index in [0.29, 0.717) is 35.7 Å². The summed E-state index contributed by atoms with van der Waals surface area (Å²) < 4.78 is 33.1. The lowest BCUT2D eigenvalue weighted by molar-refractivity contribution is 0.232. The third-order valence-electron chi connectivity index (χ3n) is 4.55. The average molecular weight is 401 g/mol. The van der Waals surface area contributed by atoms with Gasteiger partial charge in [-0.25, -0.2) is 23.8 Å². The maximum Gasteiger partial charge on any atom is 0.233 e. The SMILES string of the molecule is CC(C)Oc1cc(Nc2ncnc(N3CCCC3c3ccc(F)cc3F)n2)n[nH]1. The Morgan fingerprint density at radius 1 is 1.24 bits per heavy atom. The summed E-state index contributed by atoms with van der Waals surface area (Å²) in [4.78, 5) is 14.7. The number of aromatic nitrogens is 5. The van der Waals surface area contributed by atoms with E-state index in [1.165, 1.54) is 18.5 Å². The molecule has 1 aliphatic rings. The normalized spacial score (nSPS) is 16.4. The Morgan fingerprint density at radius 2 is 2.10 bits per heavy atom. The highest BCUT2D eigenvalue weighted by atomic mass is 19.1. The van der Waals surface area contributed by atoms with Crippen molar-refractivity contribution < 1.29 is 13.5 Å². The number of aromatic amines is 1. The number of ether oxygens (including phenoxy) is 1. The molecule has 3 aromatic rings. The number of halogens is 2. The Kier molecular flexibility index (Phi) is 5.24. The second-order valence-corrected chi connectivity index (χ2v) is 7.04. The number of anilines is 3. The third kappa shape index (κ3) is 4.25. The minimum absolute atomic E-state index is 0.0195. The quantitative estimate of drug-likeness (QED) is 0.650. The second-order valence-electron chi connectivity index (χ2n) is 7.04. The molecule has 3 heterocycles. The van der Waals surface area contributed by atoms with Gasteiger partial charge in [0, 0.05) is 24.2 Å². The molecule has 1 aromatic carbocycles. The molecular weight excluding hydrogens is 380 g/mol. The largest absolute Gasteiger partial charge is 0.475 e. The average Bonchev–Trinajstić information content (AvgIpc) is 3.31. The Labute approximate surface area is 166 Å². The zero-order valence-electron chi connectivity index (χ0n) is 16.1. The van der Waals surface area contributed by atoms with Crippen LogP contribution in [0.3, 0.4) is 0 Å². The van der Waals surface area contributed by atoms with E-state index in [1.807, 2.05) is 18.7 Å². The predicted molar refractivity (Wildman–Crippen MR) is 103 cm³/mol. The summed E-state index contributed by atoms with van der Waals surface area (Å²) in [6, 6.07) is 5.09. The van der Waals surface area contributed by atoms with E-state index >= 15 is 0 Å². The van der Waals surface area contributed by atoms with Crippen LogP contribution < -0.4 is 15.0 Å². The number of hydrogen-bond donors (Lipinski definition) is 2. The first-order valence-corrected chi connectivity index (χ1v) is 9.39. The number of rotatable bonds is 6. The lowest BCUT2D eigenvalue weighted by Gasteiger charge is -2.25. The van der Waals surface area contributed by atoms with Crippen LogP contribution in [0.25, 0.3) is 0 Å². The number of benzene rings is 1. The molecule has 10 heteroatoms. The van der Waals surface area contributed by atoms with Crippen LogP contribution in [0.5, 0.6) is 5.88 Å². The van der Waals surface area contributed by atoms with Crippen LogP contribution in [0, 0.1) is 11.6 Å². The van der Waals surface area contributed by atoms with Gasteiger partial charge < -0.3 is 15.0 Å². The highest BCUT2D eigenvalue weighted by Gasteiger charge is 2.30. The molecule has 0 radical (unpaired) electrons. The smallest absolute Gasteiger partial charge is 0.233 e. The summed E-state index contributed by atoms with van der Waals surface area (Å²) in [5.74, 6) is 0.597. The second kappa shape index (κ2) is 7.98. The van der Waals surface area contributed by atoms with Gasteiger partial charge in [0.2, 0.25) is 17.8 Å². The maximum atomic E-state index is 14.3. The van der Waals surface area contributed by atoms with Gasteiger partial charge in [-0.05, 0) is 32.8 Å². The highest BCUT2D eigenvalue weighted by molar-refractivity contribution is 5.51. The van der Waals surface area contributed by atoms with Crippen molar-refractivity contribution >= 4 is 17.7 Å². The molecule has 4 rings (SSSR count). The summed E-state index contributed by atoms with van der Waals surface area (Å²) in [7, 11) is 0. The van der Waals surface area contributed by atoms with Crippen LogP contribution in [0.1, 0.15) is 38.3 Å². The predicted octanol–water partition coefficient (Wildman–Crippen LogP) is 3.75. The zero-order chi connectivity index (χ0) is 20.4. The Morgan fingerprint density at radius 3 is 2.90 bits per heavy atom. The number of nitrogens with one attached hydrogen (secondary N) is 2. The maximum absolute atomic E-state index is 14.3. The summed E-state index contributed by atoms with van der Waals surface area (Å²) in [5, 5.41) is 9.89.